The van der Waals surface area contributed by atoms with Crippen LogP contribution in [0.15, 0.2) is 84.1 Å². The predicted molar refractivity (Wildman–Crippen MR) is 119 cm³/mol. The average molecular weight is 414 g/mol. The maximum absolute atomic E-state index is 13.4. The second-order valence-corrected chi connectivity index (χ2v) is 8.24. The summed E-state index contributed by atoms with van der Waals surface area (Å²) in [6.45, 7) is 1.93. The molecule has 0 radical (unpaired) electrons. The van der Waals surface area contributed by atoms with Crippen molar-refractivity contribution in [2.45, 2.75) is 18.2 Å². The zero-order valence-corrected chi connectivity index (χ0v) is 17.1. The first-order valence-electron chi connectivity index (χ1n) is 9.49. The van der Waals surface area contributed by atoms with Gasteiger partial charge in [0.2, 0.25) is 0 Å². The van der Waals surface area contributed by atoms with E-state index >= 15 is 0 Å². The topological polar surface area (TPSA) is 72.0 Å². The van der Waals surface area contributed by atoms with E-state index in [-0.39, 0.29) is 4.90 Å². The number of aryl methyl sites for hydroxylation is 1. The van der Waals surface area contributed by atoms with Crippen LogP contribution in [0.3, 0.4) is 0 Å². The lowest BCUT2D eigenvalue weighted by atomic mass is 10.1. The van der Waals surface area contributed by atoms with E-state index in [1.165, 1.54) is 0 Å². The number of aromatic nitrogens is 2. The van der Waals surface area contributed by atoms with Crippen LogP contribution in [-0.4, -0.2) is 18.4 Å². The van der Waals surface area contributed by atoms with Gasteiger partial charge in [-0.1, -0.05) is 49.1 Å². The zero-order valence-electron chi connectivity index (χ0n) is 16.3. The van der Waals surface area contributed by atoms with Gasteiger partial charge in [0.1, 0.15) is 4.90 Å². The molecule has 0 saturated heterocycles. The minimum absolute atomic E-state index is 0.207. The van der Waals surface area contributed by atoms with Gasteiger partial charge in [0.15, 0.2) is 0 Å². The van der Waals surface area contributed by atoms with Crippen LogP contribution >= 0.6 is 0 Å². The minimum Gasteiger partial charge on any atom is -0.278 e. The molecule has 0 fully saturated rings. The molecule has 148 valence electrons. The van der Waals surface area contributed by atoms with Crippen molar-refractivity contribution < 1.29 is 8.42 Å². The van der Waals surface area contributed by atoms with Crippen molar-refractivity contribution in [1.29, 1.82) is 0 Å². The molecule has 0 saturated carbocycles. The highest BCUT2D eigenvalue weighted by Gasteiger charge is 2.23. The third kappa shape index (κ3) is 4.02. The SMILES string of the molecule is CCc1ccc2cccnc2c1S(=O)(=O)Nc1ccccc1C#Cc1cccnc1. The number of nitrogens with one attached hydrogen (secondary N) is 1. The van der Waals surface area contributed by atoms with Crippen LogP contribution < -0.4 is 4.72 Å². The van der Waals surface area contributed by atoms with Crippen LogP contribution in [0.5, 0.6) is 0 Å². The largest absolute Gasteiger partial charge is 0.278 e. The van der Waals surface area contributed by atoms with Gasteiger partial charge in [-0.2, -0.15) is 0 Å². The number of pyridine rings is 2. The molecule has 4 rings (SSSR count). The Morgan fingerprint density at radius 2 is 1.77 bits per heavy atom. The second-order valence-electron chi connectivity index (χ2n) is 6.63. The number of hydrogen-bond donors (Lipinski definition) is 1. The van der Waals surface area contributed by atoms with Gasteiger partial charge in [-0.05, 0) is 42.3 Å². The van der Waals surface area contributed by atoms with E-state index < -0.39 is 10.0 Å². The summed E-state index contributed by atoms with van der Waals surface area (Å²) in [5.41, 5.74) is 2.93. The first-order chi connectivity index (χ1) is 14.6. The molecule has 2 heterocycles. The lowest BCUT2D eigenvalue weighted by Crippen LogP contribution is -2.16. The van der Waals surface area contributed by atoms with Crippen LogP contribution in [0.25, 0.3) is 10.9 Å². The third-order valence-corrected chi connectivity index (χ3v) is 6.12. The fraction of sp³-hybridized carbons (Fsp3) is 0.0833. The van der Waals surface area contributed by atoms with Gasteiger partial charge in [-0.15, -0.1) is 0 Å². The van der Waals surface area contributed by atoms with Gasteiger partial charge >= 0.3 is 0 Å². The summed E-state index contributed by atoms with van der Waals surface area (Å²) in [6.07, 6.45) is 5.52. The standard InChI is InChI=1S/C24H19N3O2S/c1-2-19-13-14-21-9-6-16-26-23(21)24(19)30(28,29)27-22-10-4-3-8-20(22)12-11-18-7-5-15-25-17-18/h3-10,13-17,27H,2H2,1H3. The van der Waals surface area contributed by atoms with E-state index in [2.05, 4.69) is 26.5 Å². The highest BCUT2D eigenvalue weighted by molar-refractivity contribution is 7.93. The number of rotatable bonds is 4. The van der Waals surface area contributed by atoms with Crippen molar-refractivity contribution in [3.63, 3.8) is 0 Å². The van der Waals surface area contributed by atoms with Crippen molar-refractivity contribution in [2.75, 3.05) is 4.72 Å². The number of anilines is 1. The normalized spacial score (nSPS) is 11.0. The van der Waals surface area contributed by atoms with Gasteiger partial charge in [0.05, 0.1) is 11.2 Å². The minimum atomic E-state index is -3.88. The van der Waals surface area contributed by atoms with Gasteiger partial charge in [-0.25, -0.2) is 8.42 Å². The third-order valence-electron chi connectivity index (χ3n) is 4.63. The summed E-state index contributed by atoms with van der Waals surface area (Å²) >= 11 is 0. The number of hydrogen-bond acceptors (Lipinski definition) is 4. The fourth-order valence-corrected chi connectivity index (χ4v) is 4.74. The molecule has 4 aromatic rings. The number of nitrogens with zero attached hydrogens (tertiary/aromatic N) is 2. The summed E-state index contributed by atoms with van der Waals surface area (Å²) in [7, 11) is -3.88. The van der Waals surface area contributed by atoms with Crippen LogP contribution in [0.4, 0.5) is 5.69 Å². The molecule has 2 aromatic heterocycles. The maximum atomic E-state index is 13.4. The Balaban J connectivity index is 1.78. The Hall–Kier alpha value is -3.69. The molecule has 0 amide bonds. The molecule has 0 aliphatic heterocycles. The van der Waals surface area contributed by atoms with Crippen molar-refractivity contribution in [1.82, 2.24) is 9.97 Å². The summed E-state index contributed by atoms with van der Waals surface area (Å²) in [6, 6.07) is 18.1. The first kappa shape index (κ1) is 19.6. The molecule has 0 bridgehead atoms. The van der Waals surface area contributed by atoms with Gasteiger partial charge in [-0.3, -0.25) is 14.7 Å². The molecule has 1 N–H and O–H groups in total. The number of benzene rings is 2. The molecular formula is C24H19N3O2S. The number of fused-ring (bicyclic) bond motifs is 1. The van der Waals surface area contributed by atoms with E-state index in [4.69, 9.17) is 0 Å². The van der Waals surface area contributed by atoms with Crippen LogP contribution in [-0.2, 0) is 16.4 Å². The second kappa shape index (κ2) is 8.36. The monoisotopic (exact) mass is 413 g/mol. The Labute approximate surface area is 175 Å². The molecule has 0 spiro atoms. The van der Waals surface area contributed by atoms with Gasteiger partial charge in [0.25, 0.3) is 10.0 Å². The zero-order chi connectivity index (χ0) is 21.0. The molecular weight excluding hydrogens is 394 g/mol. The van der Waals surface area contributed by atoms with E-state index in [0.29, 0.717) is 28.8 Å². The van der Waals surface area contributed by atoms with Crippen LogP contribution in [0.1, 0.15) is 23.6 Å². The molecule has 2 aromatic carbocycles. The number of sulfonamides is 1. The van der Waals surface area contributed by atoms with E-state index in [9.17, 15) is 8.42 Å². The van der Waals surface area contributed by atoms with Gasteiger partial charge in [0, 0.05) is 35.1 Å². The van der Waals surface area contributed by atoms with E-state index in [1.54, 1.807) is 48.9 Å². The highest BCUT2D eigenvalue weighted by atomic mass is 32.2. The molecule has 0 aliphatic rings. The van der Waals surface area contributed by atoms with Crippen LogP contribution in [0, 0.1) is 11.8 Å². The summed E-state index contributed by atoms with van der Waals surface area (Å²) in [4.78, 5) is 8.59. The Morgan fingerprint density at radius 3 is 2.57 bits per heavy atom. The molecule has 0 aliphatic carbocycles. The summed E-state index contributed by atoms with van der Waals surface area (Å²) in [5.74, 6) is 6.06. The predicted octanol–water partition coefficient (Wildman–Crippen LogP) is 4.39. The number of para-hydroxylation sites is 1. The molecule has 5 nitrogen and oxygen atoms in total. The van der Waals surface area contributed by atoms with Crippen molar-refractivity contribution >= 4 is 26.6 Å². The average Bonchev–Trinajstić information content (AvgIpc) is 2.78. The molecule has 0 unspecified atom stereocenters. The van der Waals surface area contributed by atoms with Crippen molar-refractivity contribution in [3.05, 3.63) is 95.9 Å². The molecule has 30 heavy (non-hydrogen) atoms. The van der Waals surface area contributed by atoms with Gasteiger partial charge < -0.3 is 0 Å². The highest BCUT2D eigenvalue weighted by Crippen LogP contribution is 2.28. The Morgan fingerprint density at radius 1 is 0.933 bits per heavy atom. The molecule has 6 heteroatoms. The van der Waals surface area contributed by atoms with Crippen molar-refractivity contribution in [3.8, 4) is 11.8 Å². The maximum Gasteiger partial charge on any atom is 0.264 e. The Kier molecular flexibility index (Phi) is 5.46. The summed E-state index contributed by atoms with van der Waals surface area (Å²) < 4.78 is 29.5. The smallest absolute Gasteiger partial charge is 0.264 e. The van der Waals surface area contributed by atoms with Crippen LogP contribution in [0.2, 0.25) is 0 Å². The Bertz CT molecular complexity index is 1370. The first-order valence-corrected chi connectivity index (χ1v) is 11.0. The van der Waals surface area contributed by atoms with Crippen molar-refractivity contribution in [2.24, 2.45) is 0 Å². The van der Waals surface area contributed by atoms with E-state index in [1.807, 2.05) is 37.3 Å². The molecule has 0 atom stereocenters. The lowest BCUT2D eigenvalue weighted by molar-refractivity contribution is 0.601. The lowest BCUT2D eigenvalue weighted by Gasteiger charge is -2.14. The summed E-state index contributed by atoms with van der Waals surface area (Å²) in [5, 5.41) is 0.778. The quantitative estimate of drug-likeness (QED) is 0.504. The van der Waals surface area contributed by atoms with E-state index in [0.717, 1.165) is 10.9 Å². The fourth-order valence-electron chi connectivity index (χ4n) is 3.19.